The van der Waals surface area contributed by atoms with Gasteiger partial charge in [-0.2, -0.15) is 0 Å². The average Bonchev–Trinajstić information content (AvgIpc) is 3.00. The lowest BCUT2D eigenvalue weighted by atomic mass is 9.84. The van der Waals surface area contributed by atoms with Gasteiger partial charge in [0, 0.05) is 6.54 Å². The highest BCUT2D eigenvalue weighted by Gasteiger charge is 2.50. The van der Waals surface area contributed by atoms with Gasteiger partial charge in [0.25, 0.3) is 5.91 Å². The van der Waals surface area contributed by atoms with E-state index in [1.165, 1.54) is 16.9 Å². The van der Waals surface area contributed by atoms with Gasteiger partial charge < -0.3 is 5.32 Å². The van der Waals surface area contributed by atoms with E-state index in [-0.39, 0.29) is 11.9 Å². The number of carbonyl (C=O) groups is 2. The molecule has 0 aromatic carbocycles. The fourth-order valence-electron chi connectivity index (χ4n) is 3.68. The first-order valence-corrected chi connectivity index (χ1v) is 10.2. The molecule has 1 aliphatic heterocycles. The largest absolute Gasteiger partial charge is 0.326 e. The van der Waals surface area contributed by atoms with Gasteiger partial charge in [-0.3, -0.25) is 9.69 Å². The van der Waals surface area contributed by atoms with Crippen molar-refractivity contribution in [2.45, 2.75) is 57.0 Å². The van der Waals surface area contributed by atoms with Crippen molar-refractivity contribution in [3.8, 4) is 0 Å². The first kappa shape index (κ1) is 17.9. The Balaban J connectivity index is 1.65. The molecule has 0 bridgehead atoms. The third kappa shape index (κ3) is 3.83. The van der Waals surface area contributed by atoms with Crippen molar-refractivity contribution in [1.82, 2.24) is 15.1 Å². The number of thiophene rings is 1. The van der Waals surface area contributed by atoms with Crippen LogP contribution in [0.1, 0.15) is 50.5 Å². The molecule has 1 aromatic rings. The lowest BCUT2D eigenvalue weighted by molar-refractivity contribution is -0.133. The number of hydrogen-bond donors (Lipinski definition) is 1. The zero-order chi connectivity index (χ0) is 17.2. The monoisotopic (exact) mass is 413 g/mol. The summed E-state index contributed by atoms with van der Waals surface area (Å²) < 4.78 is 1.09. The third-order valence-corrected chi connectivity index (χ3v) is 6.46. The Hall–Kier alpha value is -0.920. The summed E-state index contributed by atoms with van der Waals surface area (Å²) in [6.45, 7) is 1.05. The summed E-state index contributed by atoms with van der Waals surface area (Å²) in [6, 6.07) is 1.84. The quantitative estimate of drug-likeness (QED) is 0.760. The van der Waals surface area contributed by atoms with Crippen LogP contribution in [0.2, 0.25) is 0 Å². The van der Waals surface area contributed by atoms with Crippen LogP contribution in [-0.2, 0) is 11.3 Å². The van der Waals surface area contributed by atoms with Gasteiger partial charge in [0.2, 0.25) is 0 Å². The van der Waals surface area contributed by atoms with Crippen molar-refractivity contribution in [2.75, 3.05) is 13.7 Å². The summed E-state index contributed by atoms with van der Waals surface area (Å²) in [5, 5.41) is 5.10. The van der Waals surface area contributed by atoms with E-state index in [4.69, 9.17) is 0 Å². The van der Waals surface area contributed by atoms with Gasteiger partial charge in [0.15, 0.2) is 0 Å². The molecule has 132 valence electrons. The molecule has 1 aliphatic carbocycles. The molecule has 0 radical (unpaired) electrons. The van der Waals surface area contributed by atoms with Crippen LogP contribution in [0.4, 0.5) is 4.79 Å². The summed E-state index contributed by atoms with van der Waals surface area (Å²) in [4.78, 5) is 28.8. The first-order chi connectivity index (χ1) is 11.5. The van der Waals surface area contributed by atoms with Crippen LogP contribution >= 0.6 is 27.3 Å². The van der Waals surface area contributed by atoms with Gasteiger partial charge in [-0.1, -0.05) is 32.1 Å². The van der Waals surface area contributed by atoms with Crippen LogP contribution in [0.25, 0.3) is 0 Å². The molecule has 5 nitrogen and oxygen atoms in total. The first-order valence-electron chi connectivity index (χ1n) is 8.56. The molecule has 24 heavy (non-hydrogen) atoms. The molecule has 1 N–H and O–H groups in total. The van der Waals surface area contributed by atoms with Gasteiger partial charge in [-0.25, -0.2) is 9.69 Å². The smallest absolute Gasteiger partial charge is 0.323 e. The van der Waals surface area contributed by atoms with E-state index >= 15 is 0 Å². The number of carbonyl (C=O) groups excluding carboxylic acids is 2. The second kappa shape index (κ2) is 7.54. The Morgan fingerprint density at radius 2 is 1.92 bits per heavy atom. The second-order valence-electron chi connectivity index (χ2n) is 6.93. The predicted molar refractivity (Wildman–Crippen MR) is 98.8 cm³/mol. The zero-order valence-corrected chi connectivity index (χ0v) is 16.4. The summed E-state index contributed by atoms with van der Waals surface area (Å²) in [5.41, 5.74) is 0.533. The van der Waals surface area contributed by atoms with Gasteiger partial charge in [-0.15, -0.1) is 11.3 Å². The molecule has 7 heteroatoms. The molecular formula is C17H24BrN3O2S. The average molecular weight is 414 g/mol. The fourth-order valence-corrected chi connectivity index (χ4v) is 4.88. The molecule has 1 saturated carbocycles. The standard InChI is InChI=1S/C17H24BrN3O2S/c1-20(10-13-9-14(18)24-11-13)12-21-15(22)17(19-16(21)23)7-5-3-2-4-6-8-17/h9,11H,2-8,10,12H2,1H3,(H,19,23). The summed E-state index contributed by atoms with van der Waals surface area (Å²) in [6.07, 6.45) is 7.11. The number of nitrogens with zero attached hydrogens (tertiary/aromatic N) is 2. The van der Waals surface area contributed by atoms with E-state index in [1.54, 1.807) is 11.3 Å². The molecule has 1 spiro atoms. The van der Waals surface area contributed by atoms with Gasteiger partial charge in [-0.05, 0) is 52.8 Å². The molecule has 1 saturated heterocycles. The van der Waals surface area contributed by atoms with Gasteiger partial charge in [0.1, 0.15) is 5.54 Å². The van der Waals surface area contributed by atoms with E-state index < -0.39 is 5.54 Å². The number of halogens is 1. The molecule has 2 heterocycles. The summed E-state index contributed by atoms with van der Waals surface area (Å²) in [5.74, 6) is -0.0345. The van der Waals surface area contributed by atoms with Crippen molar-refractivity contribution >= 4 is 39.2 Å². The number of hydrogen-bond acceptors (Lipinski definition) is 4. The van der Waals surface area contributed by atoms with Crippen molar-refractivity contribution < 1.29 is 9.59 Å². The normalized spacial score (nSPS) is 21.2. The summed E-state index contributed by atoms with van der Waals surface area (Å²) in [7, 11) is 1.94. The van der Waals surface area contributed by atoms with E-state index in [9.17, 15) is 9.59 Å². The SMILES string of the molecule is CN(Cc1csc(Br)c1)CN1C(=O)NC2(CCCCCCC2)C1=O. The Kier molecular flexibility index (Phi) is 5.62. The van der Waals surface area contributed by atoms with Crippen molar-refractivity contribution in [3.63, 3.8) is 0 Å². The number of amides is 3. The maximum atomic E-state index is 13.0. The lowest BCUT2D eigenvalue weighted by Gasteiger charge is -2.29. The van der Waals surface area contributed by atoms with Crippen LogP contribution < -0.4 is 5.32 Å². The minimum absolute atomic E-state index is 0.0345. The second-order valence-corrected chi connectivity index (χ2v) is 9.22. The maximum Gasteiger partial charge on any atom is 0.326 e. The van der Waals surface area contributed by atoms with Crippen LogP contribution in [-0.4, -0.2) is 41.0 Å². The van der Waals surface area contributed by atoms with E-state index in [0.717, 1.165) is 42.3 Å². The Morgan fingerprint density at radius 1 is 1.25 bits per heavy atom. The van der Waals surface area contributed by atoms with Gasteiger partial charge >= 0.3 is 6.03 Å². The van der Waals surface area contributed by atoms with E-state index in [1.807, 2.05) is 11.9 Å². The van der Waals surface area contributed by atoms with Gasteiger partial charge in [0.05, 0.1) is 10.5 Å². The topological polar surface area (TPSA) is 52.6 Å². The van der Waals surface area contributed by atoms with Crippen LogP contribution in [0.5, 0.6) is 0 Å². The van der Waals surface area contributed by atoms with E-state index in [2.05, 4.69) is 32.7 Å². The highest BCUT2D eigenvalue weighted by molar-refractivity contribution is 9.11. The minimum atomic E-state index is -0.649. The highest BCUT2D eigenvalue weighted by atomic mass is 79.9. The lowest BCUT2D eigenvalue weighted by Crippen LogP contribution is -2.48. The maximum absolute atomic E-state index is 13.0. The number of nitrogens with one attached hydrogen (secondary N) is 1. The van der Waals surface area contributed by atoms with E-state index in [0.29, 0.717) is 13.2 Å². The molecule has 0 unspecified atom stereocenters. The van der Waals surface area contributed by atoms with Crippen molar-refractivity contribution in [3.05, 3.63) is 20.8 Å². The molecule has 2 fully saturated rings. The number of imide groups is 1. The van der Waals surface area contributed by atoms with Crippen molar-refractivity contribution in [2.24, 2.45) is 0 Å². The molecular weight excluding hydrogens is 390 g/mol. The Bertz CT molecular complexity index is 611. The van der Waals surface area contributed by atoms with Crippen LogP contribution in [0, 0.1) is 0 Å². The van der Waals surface area contributed by atoms with Crippen LogP contribution in [0.15, 0.2) is 15.2 Å². The predicted octanol–water partition coefficient (Wildman–Crippen LogP) is 3.93. The molecule has 3 amide bonds. The third-order valence-electron chi connectivity index (χ3n) is 4.91. The Morgan fingerprint density at radius 3 is 2.54 bits per heavy atom. The van der Waals surface area contributed by atoms with Crippen LogP contribution in [0.3, 0.4) is 0 Å². The zero-order valence-electron chi connectivity index (χ0n) is 14.0. The molecule has 2 aliphatic rings. The summed E-state index contributed by atoms with van der Waals surface area (Å²) >= 11 is 5.10. The molecule has 0 atom stereocenters. The highest BCUT2D eigenvalue weighted by Crippen LogP contribution is 2.32. The fraction of sp³-hybridized carbons (Fsp3) is 0.647. The number of urea groups is 1. The molecule has 3 rings (SSSR count). The van der Waals surface area contributed by atoms with Crippen molar-refractivity contribution in [1.29, 1.82) is 0 Å². The molecule has 1 aromatic heterocycles. The number of rotatable bonds is 4. The minimum Gasteiger partial charge on any atom is -0.323 e. The Labute approximate surface area is 155 Å².